The Morgan fingerprint density at radius 3 is 2.57 bits per heavy atom. The Balaban J connectivity index is 1.76. The molecule has 1 aliphatic heterocycles. The van der Waals surface area contributed by atoms with Gasteiger partial charge in [-0.1, -0.05) is 12.1 Å². The lowest BCUT2D eigenvalue weighted by atomic mass is 10.1. The van der Waals surface area contributed by atoms with Gasteiger partial charge in [0.25, 0.3) is 0 Å². The number of nitrogens with one attached hydrogen (secondary N) is 1. The van der Waals surface area contributed by atoms with E-state index in [2.05, 4.69) is 5.32 Å². The van der Waals surface area contributed by atoms with E-state index in [0.717, 1.165) is 11.1 Å². The number of rotatable bonds is 5. The monoisotopic (exact) mass is 320 g/mol. The van der Waals surface area contributed by atoms with Gasteiger partial charge in [-0.2, -0.15) is 0 Å². The first-order valence-electron chi connectivity index (χ1n) is 7.64. The van der Waals surface area contributed by atoms with Crippen LogP contribution in [0, 0.1) is 5.82 Å². The number of hydrogen-bond acceptors (Lipinski definition) is 3. The SMILES string of the molecule is C/C(=C/C(=O)NCCC(=O)N1CCOCC1)c1ccc(F)cc1. The van der Waals surface area contributed by atoms with Crippen molar-refractivity contribution in [3.05, 3.63) is 41.7 Å². The number of ether oxygens (including phenoxy) is 1. The van der Waals surface area contributed by atoms with Gasteiger partial charge in [0.15, 0.2) is 0 Å². The molecule has 5 nitrogen and oxygen atoms in total. The van der Waals surface area contributed by atoms with Crippen LogP contribution in [0.3, 0.4) is 0 Å². The number of carbonyl (C=O) groups is 2. The van der Waals surface area contributed by atoms with Crippen molar-refractivity contribution in [3.63, 3.8) is 0 Å². The van der Waals surface area contributed by atoms with Gasteiger partial charge in [-0.25, -0.2) is 4.39 Å². The highest BCUT2D eigenvalue weighted by atomic mass is 19.1. The fraction of sp³-hybridized carbons (Fsp3) is 0.412. The predicted octanol–water partition coefficient (Wildman–Crippen LogP) is 1.59. The summed E-state index contributed by atoms with van der Waals surface area (Å²) in [5, 5.41) is 2.70. The lowest BCUT2D eigenvalue weighted by Crippen LogP contribution is -2.41. The molecule has 1 aromatic carbocycles. The van der Waals surface area contributed by atoms with E-state index in [1.54, 1.807) is 24.0 Å². The van der Waals surface area contributed by atoms with Gasteiger partial charge in [0.2, 0.25) is 11.8 Å². The summed E-state index contributed by atoms with van der Waals surface area (Å²) in [5.41, 5.74) is 1.52. The minimum Gasteiger partial charge on any atom is -0.378 e. The van der Waals surface area contributed by atoms with E-state index in [-0.39, 0.29) is 24.1 Å². The maximum Gasteiger partial charge on any atom is 0.244 e. The highest BCUT2D eigenvalue weighted by Gasteiger charge is 2.16. The second kappa shape index (κ2) is 8.43. The summed E-state index contributed by atoms with van der Waals surface area (Å²) < 4.78 is 18.1. The maximum absolute atomic E-state index is 12.9. The van der Waals surface area contributed by atoms with Gasteiger partial charge in [0.1, 0.15) is 5.82 Å². The minimum atomic E-state index is -0.312. The van der Waals surface area contributed by atoms with Crippen molar-refractivity contribution in [1.29, 1.82) is 0 Å². The van der Waals surface area contributed by atoms with Crippen LogP contribution in [0.15, 0.2) is 30.3 Å². The van der Waals surface area contributed by atoms with Crippen LogP contribution in [0.25, 0.3) is 5.57 Å². The third-order valence-electron chi connectivity index (χ3n) is 3.65. The zero-order chi connectivity index (χ0) is 16.7. The first kappa shape index (κ1) is 17.1. The molecule has 0 spiro atoms. The molecule has 1 aromatic rings. The molecule has 0 atom stereocenters. The quantitative estimate of drug-likeness (QED) is 0.838. The Morgan fingerprint density at radius 2 is 1.91 bits per heavy atom. The van der Waals surface area contributed by atoms with Crippen LogP contribution >= 0.6 is 0 Å². The van der Waals surface area contributed by atoms with Crippen molar-refractivity contribution in [2.75, 3.05) is 32.8 Å². The molecule has 2 amide bonds. The lowest BCUT2D eigenvalue weighted by molar-refractivity contribution is -0.135. The molecule has 0 aromatic heterocycles. The third-order valence-corrected chi connectivity index (χ3v) is 3.65. The Bertz CT molecular complexity index is 578. The van der Waals surface area contributed by atoms with E-state index in [1.807, 2.05) is 0 Å². The summed E-state index contributed by atoms with van der Waals surface area (Å²) in [6.45, 7) is 4.43. The zero-order valence-electron chi connectivity index (χ0n) is 13.2. The lowest BCUT2D eigenvalue weighted by Gasteiger charge is -2.26. The number of amides is 2. The van der Waals surface area contributed by atoms with Crippen LogP contribution in [0.1, 0.15) is 18.9 Å². The van der Waals surface area contributed by atoms with Crippen LogP contribution in [0.5, 0.6) is 0 Å². The van der Waals surface area contributed by atoms with Gasteiger partial charge in [-0.3, -0.25) is 9.59 Å². The second-order valence-electron chi connectivity index (χ2n) is 5.37. The van der Waals surface area contributed by atoms with Crippen molar-refractivity contribution < 1.29 is 18.7 Å². The van der Waals surface area contributed by atoms with E-state index in [4.69, 9.17) is 4.74 Å². The average Bonchev–Trinajstić information content (AvgIpc) is 2.56. The third kappa shape index (κ3) is 5.49. The first-order valence-corrected chi connectivity index (χ1v) is 7.64. The molecule has 0 bridgehead atoms. The van der Waals surface area contributed by atoms with Crippen LogP contribution < -0.4 is 5.32 Å². The number of allylic oxidation sites excluding steroid dienone is 1. The summed E-state index contributed by atoms with van der Waals surface area (Å²) in [6, 6.07) is 5.95. The van der Waals surface area contributed by atoms with E-state index >= 15 is 0 Å². The van der Waals surface area contributed by atoms with Gasteiger partial charge in [-0.05, 0) is 30.2 Å². The maximum atomic E-state index is 12.9. The number of nitrogens with zero attached hydrogens (tertiary/aromatic N) is 1. The number of carbonyl (C=O) groups excluding carboxylic acids is 2. The molecule has 1 fully saturated rings. The average molecular weight is 320 g/mol. The Kier molecular flexibility index (Phi) is 6.29. The molecular formula is C17H21FN2O3. The number of hydrogen-bond donors (Lipinski definition) is 1. The van der Waals surface area contributed by atoms with E-state index < -0.39 is 0 Å². The first-order chi connectivity index (χ1) is 11.1. The van der Waals surface area contributed by atoms with E-state index in [9.17, 15) is 14.0 Å². The van der Waals surface area contributed by atoms with Crippen molar-refractivity contribution >= 4 is 17.4 Å². The summed E-state index contributed by atoms with van der Waals surface area (Å²) >= 11 is 0. The number of morpholine rings is 1. The Hall–Kier alpha value is -2.21. The van der Waals surface area contributed by atoms with Gasteiger partial charge >= 0.3 is 0 Å². The van der Waals surface area contributed by atoms with E-state index in [1.165, 1.54) is 18.2 Å². The Morgan fingerprint density at radius 1 is 1.26 bits per heavy atom. The van der Waals surface area contributed by atoms with Crippen molar-refractivity contribution in [2.45, 2.75) is 13.3 Å². The van der Waals surface area contributed by atoms with E-state index in [0.29, 0.717) is 32.8 Å². The molecule has 0 saturated carbocycles. The summed E-state index contributed by atoms with van der Waals surface area (Å²) in [5.74, 6) is -0.554. The smallest absolute Gasteiger partial charge is 0.244 e. The van der Waals surface area contributed by atoms with Crippen LogP contribution in [-0.4, -0.2) is 49.6 Å². The normalized spacial score (nSPS) is 15.4. The van der Waals surface area contributed by atoms with Crippen molar-refractivity contribution in [1.82, 2.24) is 10.2 Å². The van der Waals surface area contributed by atoms with Crippen LogP contribution in [0.4, 0.5) is 4.39 Å². The fourth-order valence-corrected chi connectivity index (χ4v) is 2.31. The molecule has 1 aliphatic rings. The summed E-state index contributed by atoms with van der Waals surface area (Å²) in [7, 11) is 0. The standard InChI is InChI=1S/C17H21FN2O3/c1-13(14-2-4-15(18)5-3-14)12-16(21)19-7-6-17(22)20-8-10-23-11-9-20/h2-5,12H,6-11H2,1H3,(H,19,21)/b13-12-. The number of benzene rings is 1. The molecule has 0 aliphatic carbocycles. The molecule has 23 heavy (non-hydrogen) atoms. The van der Waals surface area contributed by atoms with Gasteiger partial charge < -0.3 is 15.0 Å². The topological polar surface area (TPSA) is 58.6 Å². The van der Waals surface area contributed by atoms with Crippen LogP contribution in [0.2, 0.25) is 0 Å². The second-order valence-corrected chi connectivity index (χ2v) is 5.37. The molecule has 0 radical (unpaired) electrons. The number of halogens is 1. The van der Waals surface area contributed by atoms with Gasteiger partial charge in [0, 0.05) is 32.1 Å². The van der Waals surface area contributed by atoms with Crippen molar-refractivity contribution in [3.8, 4) is 0 Å². The molecule has 1 heterocycles. The molecule has 1 N–H and O–H groups in total. The van der Waals surface area contributed by atoms with Crippen LogP contribution in [-0.2, 0) is 14.3 Å². The highest BCUT2D eigenvalue weighted by Crippen LogP contribution is 2.13. The molecule has 0 unspecified atom stereocenters. The summed E-state index contributed by atoms with van der Waals surface area (Å²) in [4.78, 5) is 25.5. The molecule has 1 saturated heterocycles. The fourth-order valence-electron chi connectivity index (χ4n) is 2.31. The van der Waals surface area contributed by atoms with Gasteiger partial charge in [-0.15, -0.1) is 0 Å². The largest absolute Gasteiger partial charge is 0.378 e. The van der Waals surface area contributed by atoms with Gasteiger partial charge in [0.05, 0.1) is 13.2 Å². The van der Waals surface area contributed by atoms with Crippen molar-refractivity contribution in [2.24, 2.45) is 0 Å². The molecule has 2 rings (SSSR count). The predicted molar refractivity (Wildman–Crippen MR) is 85.1 cm³/mol. The zero-order valence-corrected chi connectivity index (χ0v) is 13.2. The molecule has 6 heteroatoms. The molecule has 124 valence electrons. The highest BCUT2D eigenvalue weighted by molar-refractivity contribution is 5.95. The summed E-state index contributed by atoms with van der Waals surface area (Å²) in [6.07, 6.45) is 1.72. The minimum absolute atomic E-state index is 0.0211. The Labute approximate surface area is 135 Å². The molecular weight excluding hydrogens is 299 g/mol.